The molecule has 3 aliphatic rings. The zero-order chi connectivity index (χ0) is 40.9. The van der Waals surface area contributed by atoms with Gasteiger partial charge in [-0.15, -0.1) is 0 Å². The topological polar surface area (TPSA) is 35.9 Å². The second-order valence-electron chi connectivity index (χ2n) is 17.0. The Morgan fingerprint density at radius 2 is 1.08 bits per heavy atom. The molecule has 2 nitrogen and oxygen atoms in total. The zero-order valence-corrected chi connectivity index (χ0v) is 33.8. The average Bonchev–Trinajstić information content (AvgIpc) is 3.93. The van der Waals surface area contributed by atoms with E-state index in [2.05, 4.69) is 199 Å². The largest absolute Gasteiger partial charge is 0.296 e. The molecule has 0 bridgehead atoms. The molecule has 10 aromatic rings. The predicted octanol–water partition coefficient (Wildman–Crippen LogP) is 14.0. The highest BCUT2D eigenvalue weighted by Gasteiger charge is 2.52. The minimum atomic E-state index is -0.488. The summed E-state index contributed by atoms with van der Waals surface area (Å²) in [5.74, 6) is 6.78. The highest BCUT2D eigenvalue weighted by molar-refractivity contribution is 6.21. The van der Waals surface area contributed by atoms with Crippen LogP contribution in [0.5, 0.6) is 0 Å². The zero-order valence-electron chi connectivity index (χ0n) is 33.8. The van der Waals surface area contributed by atoms with Crippen LogP contribution in [0.2, 0.25) is 0 Å². The molecule has 13 rings (SSSR count). The lowest BCUT2D eigenvalue weighted by atomic mass is 9.70. The molecule has 2 heteroatoms. The highest BCUT2D eigenvalue weighted by atomic mass is 14.9. The van der Waals surface area contributed by atoms with Crippen LogP contribution in [0.4, 0.5) is 0 Å². The fourth-order valence-corrected chi connectivity index (χ4v) is 11.1. The minimum absolute atomic E-state index is 0.308. The fourth-order valence-electron chi connectivity index (χ4n) is 11.1. The van der Waals surface area contributed by atoms with Gasteiger partial charge in [-0.2, -0.15) is 0 Å². The Kier molecular flexibility index (Phi) is 7.52. The van der Waals surface area contributed by atoms with Crippen LogP contribution in [-0.2, 0) is 12.0 Å². The summed E-state index contributed by atoms with van der Waals surface area (Å²) in [7, 11) is 0. The Morgan fingerprint density at radius 1 is 0.468 bits per heavy atom. The first kappa shape index (κ1) is 35.0. The van der Waals surface area contributed by atoms with Gasteiger partial charge in [0.05, 0.1) is 11.5 Å². The lowest BCUT2D eigenvalue weighted by Crippen LogP contribution is -2.26. The SMILES string of the molecule is N=C(C#CC(NCc1ccc2c(c1)C1(c3ccccc3-2)c2ccccc2-c2c1cc1c3c(cccc23)-c2ccccc2-1)c1ccc2ccccc2c1)c1ccc2ccccc2c1. The number of nitrogens with one attached hydrogen (secondary N) is 2. The molecule has 288 valence electrons. The Balaban J connectivity index is 0.947. The summed E-state index contributed by atoms with van der Waals surface area (Å²) in [5, 5.41) is 20.3. The molecule has 0 radical (unpaired) electrons. The third-order valence-electron chi connectivity index (χ3n) is 13.8. The van der Waals surface area contributed by atoms with Crippen molar-refractivity contribution in [1.29, 1.82) is 5.41 Å². The summed E-state index contributed by atoms with van der Waals surface area (Å²) in [6, 6.07) is 72.8. The van der Waals surface area contributed by atoms with Crippen molar-refractivity contribution in [1.82, 2.24) is 5.32 Å². The molecule has 0 aromatic heterocycles. The predicted molar refractivity (Wildman–Crippen MR) is 257 cm³/mol. The quantitative estimate of drug-likeness (QED) is 0.132. The van der Waals surface area contributed by atoms with Gasteiger partial charge in [0.1, 0.15) is 5.71 Å². The van der Waals surface area contributed by atoms with Crippen molar-refractivity contribution in [3.8, 4) is 56.3 Å². The van der Waals surface area contributed by atoms with Crippen molar-refractivity contribution in [2.24, 2.45) is 0 Å². The summed E-state index contributed by atoms with van der Waals surface area (Å²) < 4.78 is 0. The maximum Gasteiger partial charge on any atom is 0.111 e. The van der Waals surface area contributed by atoms with E-state index in [4.69, 9.17) is 5.41 Å². The van der Waals surface area contributed by atoms with E-state index in [1.807, 2.05) is 18.2 Å². The van der Waals surface area contributed by atoms with Gasteiger partial charge in [0.25, 0.3) is 0 Å². The Hall–Kier alpha value is -7.83. The molecule has 0 saturated heterocycles. The van der Waals surface area contributed by atoms with Crippen LogP contribution < -0.4 is 5.32 Å². The van der Waals surface area contributed by atoms with Crippen LogP contribution in [0.1, 0.15) is 45.0 Å². The normalized spacial score (nSPS) is 15.2. The van der Waals surface area contributed by atoms with E-state index >= 15 is 0 Å². The lowest BCUT2D eigenvalue weighted by Gasteiger charge is -2.31. The van der Waals surface area contributed by atoms with Gasteiger partial charge < -0.3 is 0 Å². The van der Waals surface area contributed by atoms with Crippen LogP contribution in [0.3, 0.4) is 0 Å². The highest BCUT2D eigenvalue weighted by Crippen LogP contribution is 2.65. The first-order chi connectivity index (χ1) is 30.6. The smallest absolute Gasteiger partial charge is 0.111 e. The summed E-state index contributed by atoms with van der Waals surface area (Å²) in [6.07, 6.45) is 0. The second-order valence-corrected chi connectivity index (χ2v) is 17.0. The minimum Gasteiger partial charge on any atom is -0.296 e. The van der Waals surface area contributed by atoms with Crippen molar-refractivity contribution < 1.29 is 0 Å². The van der Waals surface area contributed by atoms with Crippen molar-refractivity contribution >= 4 is 38.0 Å². The standard InChI is InChI=1S/C60H38N2/c61-56(42-27-25-38-12-1-3-14-40(38)33-42)30-31-57(43-28-26-39-13-2-4-15-41(39)34-43)62-36-37-24-29-47-46-18-7-9-22-52(46)60(54(47)32-37)53-23-10-8-19-49(53)59-50-21-11-20-48-44-16-5-6-17-45(44)51(58(48)50)35-55(59)60/h1-29,32-35,57,61-62H,36H2. The van der Waals surface area contributed by atoms with Crippen LogP contribution in [0.15, 0.2) is 200 Å². The number of hydrogen-bond donors (Lipinski definition) is 2. The van der Waals surface area contributed by atoms with Gasteiger partial charge >= 0.3 is 0 Å². The Labute approximate surface area is 360 Å². The maximum absolute atomic E-state index is 9.07. The Morgan fingerprint density at radius 3 is 1.87 bits per heavy atom. The summed E-state index contributed by atoms with van der Waals surface area (Å²) in [6.45, 7) is 0.601. The molecule has 3 aliphatic carbocycles. The molecular formula is C60H38N2. The molecule has 10 aromatic carbocycles. The van der Waals surface area contributed by atoms with Crippen molar-refractivity contribution in [2.75, 3.05) is 0 Å². The fraction of sp³-hybridized carbons (Fsp3) is 0.0500. The summed E-state index contributed by atoms with van der Waals surface area (Å²) in [5.41, 5.74) is 18.8. The number of rotatable bonds is 5. The molecule has 0 saturated carbocycles. The summed E-state index contributed by atoms with van der Waals surface area (Å²) in [4.78, 5) is 0. The van der Waals surface area contributed by atoms with E-state index in [1.165, 1.54) is 93.9 Å². The third kappa shape index (κ3) is 4.95. The molecule has 0 amide bonds. The van der Waals surface area contributed by atoms with Gasteiger partial charge in [-0.1, -0.05) is 188 Å². The molecule has 0 heterocycles. The maximum atomic E-state index is 9.07. The van der Waals surface area contributed by atoms with Crippen LogP contribution in [-0.4, -0.2) is 5.71 Å². The lowest BCUT2D eigenvalue weighted by molar-refractivity contribution is 0.635. The monoisotopic (exact) mass is 786 g/mol. The number of fused-ring (bicyclic) bond motifs is 16. The molecule has 2 unspecified atom stereocenters. The van der Waals surface area contributed by atoms with Gasteiger partial charge in [-0.05, 0) is 134 Å². The Bertz CT molecular complexity index is 3640. The number of benzene rings is 10. The third-order valence-corrected chi connectivity index (χ3v) is 13.8. The molecule has 62 heavy (non-hydrogen) atoms. The van der Waals surface area contributed by atoms with E-state index in [-0.39, 0.29) is 6.04 Å². The van der Waals surface area contributed by atoms with E-state index in [0.29, 0.717) is 12.3 Å². The van der Waals surface area contributed by atoms with Gasteiger partial charge in [0.2, 0.25) is 0 Å². The van der Waals surface area contributed by atoms with E-state index in [9.17, 15) is 0 Å². The molecule has 0 aliphatic heterocycles. The molecular weight excluding hydrogens is 749 g/mol. The average molecular weight is 787 g/mol. The van der Waals surface area contributed by atoms with E-state index in [0.717, 1.165) is 21.9 Å². The second kappa shape index (κ2) is 13.3. The molecule has 1 spiro atoms. The first-order valence-electron chi connectivity index (χ1n) is 21.5. The van der Waals surface area contributed by atoms with Gasteiger partial charge in [-0.25, -0.2) is 0 Å². The summed E-state index contributed by atoms with van der Waals surface area (Å²) >= 11 is 0. The van der Waals surface area contributed by atoms with Crippen molar-refractivity contribution in [3.63, 3.8) is 0 Å². The number of hydrogen-bond acceptors (Lipinski definition) is 2. The molecule has 2 N–H and O–H groups in total. The molecule has 2 atom stereocenters. The van der Waals surface area contributed by atoms with Gasteiger partial charge in [0.15, 0.2) is 0 Å². The van der Waals surface area contributed by atoms with Crippen LogP contribution in [0.25, 0.3) is 76.8 Å². The van der Waals surface area contributed by atoms with Gasteiger partial charge in [-0.3, -0.25) is 10.7 Å². The van der Waals surface area contributed by atoms with Crippen LogP contribution >= 0.6 is 0 Å². The van der Waals surface area contributed by atoms with Crippen LogP contribution in [0, 0.1) is 17.3 Å². The van der Waals surface area contributed by atoms with E-state index < -0.39 is 5.41 Å². The van der Waals surface area contributed by atoms with Crippen molar-refractivity contribution in [2.45, 2.75) is 18.0 Å². The van der Waals surface area contributed by atoms with Crippen molar-refractivity contribution in [3.05, 3.63) is 239 Å². The van der Waals surface area contributed by atoms with E-state index in [1.54, 1.807) is 0 Å². The van der Waals surface area contributed by atoms with Gasteiger partial charge in [0, 0.05) is 12.1 Å². The first-order valence-corrected chi connectivity index (χ1v) is 21.5. The molecule has 0 fully saturated rings.